The van der Waals surface area contributed by atoms with Crippen LogP contribution in [-0.2, 0) is 6.61 Å². The minimum Gasteiger partial charge on any atom is -0.426 e. The number of imidazole rings is 1. The monoisotopic (exact) mass is 222 g/mol. The maximum atomic E-state index is 9.24. The average molecular weight is 222 g/mol. The standard InChI is InChI=1S/C10H10N2O2S/c13-6-7-1-3-8(4-2-7)9-5-12(14)10(15)11-9/h1-5,13-14H,6H2,(H,11,15). The molecule has 1 aromatic heterocycles. The topological polar surface area (TPSA) is 61.2 Å². The number of rotatable bonds is 2. The van der Waals surface area contributed by atoms with Crippen molar-refractivity contribution in [1.29, 1.82) is 0 Å². The Kier molecular flexibility index (Phi) is 2.57. The number of aromatic amines is 1. The van der Waals surface area contributed by atoms with Crippen molar-refractivity contribution >= 4 is 12.2 Å². The van der Waals surface area contributed by atoms with Crippen LogP contribution >= 0.6 is 12.2 Å². The zero-order valence-corrected chi connectivity index (χ0v) is 8.66. The largest absolute Gasteiger partial charge is 0.426 e. The van der Waals surface area contributed by atoms with Crippen LogP contribution in [0, 0.1) is 4.77 Å². The van der Waals surface area contributed by atoms with Crippen molar-refractivity contribution in [2.24, 2.45) is 0 Å². The highest BCUT2D eigenvalue weighted by atomic mass is 32.1. The fourth-order valence-corrected chi connectivity index (χ4v) is 1.48. The van der Waals surface area contributed by atoms with Crippen molar-refractivity contribution in [2.45, 2.75) is 6.61 Å². The molecule has 2 rings (SSSR count). The quantitative estimate of drug-likeness (QED) is 0.537. The van der Waals surface area contributed by atoms with Gasteiger partial charge >= 0.3 is 0 Å². The molecule has 0 aliphatic carbocycles. The Morgan fingerprint density at radius 3 is 2.40 bits per heavy atom. The Labute approximate surface area is 91.4 Å². The van der Waals surface area contributed by atoms with Gasteiger partial charge in [-0.1, -0.05) is 24.3 Å². The molecule has 0 aliphatic heterocycles. The van der Waals surface area contributed by atoms with Gasteiger partial charge in [0.2, 0.25) is 4.77 Å². The van der Waals surface area contributed by atoms with Crippen molar-refractivity contribution < 1.29 is 10.3 Å². The fourth-order valence-electron chi connectivity index (χ4n) is 1.32. The van der Waals surface area contributed by atoms with E-state index in [9.17, 15) is 5.21 Å². The number of aromatic nitrogens is 2. The molecule has 0 fully saturated rings. The Bertz CT molecular complexity index is 513. The van der Waals surface area contributed by atoms with Gasteiger partial charge in [0.25, 0.3) is 0 Å². The number of hydrogen-bond acceptors (Lipinski definition) is 3. The first-order valence-electron chi connectivity index (χ1n) is 4.42. The number of nitrogens with one attached hydrogen (secondary N) is 1. The zero-order valence-electron chi connectivity index (χ0n) is 7.84. The summed E-state index contributed by atoms with van der Waals surface area (Å²) < 4.78 is 1.13. The van der Waals surface area contributed by atoms with Crippen molar-refractivity contribution in [1.82, 2.24) is 9.71 Å². The van der Waals surface area contributed by atoms with E-state index < -0.39 is 0 Å². The lowest BCUT2D eigenvalue weighted by atomic mass is 10.1. The van der Waals surface area contributed by atoms with E-state index in [0.717, 1.165) is 21.6 Å². The average Bonchev–Trinajstić information content (AvgIpc) is 2.59. The number of aliphatic hydroxyl groups is 1. The summed E-state index contributed by atoms with van der Waals surface area (Å²) in [5.74, 6) is 0. The van der Waals surface area contributed by atoms with Crippen LogP contribution in [0.4, 0.5) is 0 Å². The third kappa shape index (κ3) is 1.93. The molecular formula is C10H10N2O2S. The van der Waals surface area contributed by atoms with Crippen molar-refractivity contribution in [3.8, 4) is 11.3 Å². The van der Waals surface area contributed by atoms with Gasteiger partial charge in [-0.3, -0.25) is 0 Å². The lowest BCUT2D eigenvalue weighted by molar-refractivity contribution is 0.182. The second-order valence-corrected chi connectivity index (χ2v) is 3.56. The molecule has 0 radical (unpaired) electrons. The first-order chi connectivity index (χ1) is 7.20. The summed E-state index contributed by atoms with van der Waals surface area (Å²) in [6.07, 6.45) is 1.51. The van der Waals surface area contributed by atoms with Crippen LogP contribution in [0.15, 0.2) is 30.5 Å². The first kappa shape index (κ1) is 9.95. The van der Waals surface area contributed by atoms with Crippen LogP contribution in [0.3, 0.4) is 0 Å². The van der Waals surface area contributed by atoms with Gasteiger partial charge in [0.05, 0.1) is 18.5 Å². The molecule has 0 saturated carbocycles. The molecule has 0 spiro atoms. The minimum absolute atomic E-state index is 0.0251. The van der Waals surface area contributed by atoms with Gasteiger partial charge in [-0.2, -0.15) is 4.73 Å². The lowest BCUT2D eigenvalue weighted by Gasteiger charge is -1.98. The maximum Gasteiger partial charge on any atom is 0.211 e. The Balaban J connectivity index is 2.41. The van der Waals surface area contributed by atoms with E-state index in [1.54, 1.807) is 0 Å². The molecule has 2 aromatic rings. The van der Waals surface area contributed by atoms with Gasteiger partial charge in [0.1, 0.15) is 0 Å². The normalized spacial score (nSPS) is 10.5. The molecule has 1 aromatic carbocycles. The molecule has 78 valence electrons. The van der Waals surface area contributed by atoms with Gasteiger partial charge in [-0.05, 0) is 23.3 Å². The maximum absolute atomic E-state index is 9.24. The molecule has 0 atom stereocenters. The summed E-state index contributed by atoms with van der Waals surface area (Å²) in [5.41, 5.74) is 2.50. The van der Waals surface area contributed by atoms with Crippen LogP contribution in [0.5, 0.6) is 0 Å². The third-order valence-corrected chi connectivity index (χ3v) is 2.44. The molecular weight excluding hydrogens is 212 g/mol. The molecule has 0 aliphatic rings. The molecule has 0 amide bonds. The highest BCUT2D eigenvalue weighted by Crippen LogP contribution is 2.17. The molecule has 0 unspecified atom stereocenters. The van der Waals surface area contributed by atoms with Crippen LogP contribution in [0.2, 0.25) is 0 Å². The van der Waals surface area contributed by atoms with Crippen LogP contribution in [-0.4, -0.2) is 20.0 Å². The second kappa shape index (κ2) is 3.88. The summed E-state index contributed by atoms with van der Waals surface area (Å²) in [5, 5.41) is 18.1. The smallest absolute Gasteiger partial charge is 0.211 e. The van der Waals surface area contributed by atoms with Gasteiger partial charge in [-0.15, -0.1) is 0 Å². The van der Waals surface area contributed by atoms with E-state index in [1.165, 1.54) is 6.20 Å². The summed E-state index contributed by atoms with van der Waals surface area (Å²) in [6, 6.07) is 7.35. The number of nitrogens with zero attached hydrogens (tertiary/aromatic N) is 1. The van der Waals surface area contributed by atoms with E-state index in [1.807, 2.05) is 24.3 Å². The van der Waals surface area contributed by atoms with E-state index in [2.05, 4.69) is 4.98 Å². The summed E-state index contributed by atoms with van der Waals surface area (Å²) in [4.78, 5) is 2.86. The molecule has 0 bridgehead atoms. The molecule has 0 saturated heterocycles. The van der Waals surface area contributed by atoms with E-state index >= 15 is 0 Å². The third-order valence-electron chi connectivity index (χ3n) is 2.15. The highest BCUT2D eigenvalue weighted by molar-refractivity contribution is 7.71. The van der Waals surface area contributed by atoms with Gasteiger partial charge in [-0.25, -0.2) is 0 Å². The molecule has 15 heavy (non-hydrogen) atoms. The fraction of sp³-hybridized carbons (Fsp3) is 0.100. The summed E-state index contributed by atoms with van der Waals surface area (Å²) in [7, 11) is 0. The Morgan fingerprint density at radius 1 is 1.27 bits per heavy atom. The van der Waals surface area contributed by atoms with Crippen molar-refractivity contribution in [2.75, 3.05) is 0 Å². The molecule has 3 N–H and O–H groups in total. The zero-order chi connectivity index (χ0) is 10.8. The van der Waals surface area contributed by atoms with Gasteiger partial charge in [0, 0.05) is 0 Å². The highest BCUT2D eigenvalue weighted by Gasteiger charge is 2.01. The summed E-state index contributed by atoms with van der Waals surface area (Å²) in [6.45, 7) is 0.0251. The van der Waals surface area contributed by atoms with Gasteiger partial charge in [0.15, 0.2) is 0 Å². The number of aliphatic hydroxyl groups excluding tert-OH is 1. The van der Waals surface area contributed by atoms with Crippen molar-refractivity contribution in [3.63, 3.8) is 0 Å². The number of hydrogen-bond donors (Lipinski definition) is 3. The van der Waals surface area contributed by atoms with Crippen LogP contribution < -0.4 is 0 Å². The molecule has 5 heteroatoms. The Hall–Kier alpha value is -1.59. The Morgan fingerprint density at radius 2 is 1.93 bits per heavy atom. The van der Waals surface area contributed by atoms with Crippen molar-refractivity contribution in [3.05, 3.63) is 40.8 Å². The molecule has 1 heterocycles. The van der Waals surface area contributed by atoms with E-state index in [-0.39, 0.29) is 11.4 Å². The van der Waals surface area contributed by atoms with E-state index in [4.69, 9.17) is 17.3 Å². The van der Waals surface area contributed by atoms with Crippen LogP contribution in [0.1, 0.15) is 5.56 Å². The predicted molar refractivity (Wildman–Crippen MR) is 58.2 cm³/mol. The molecule has 4 nitrogen and oxygen atoms in total. The second-order valence-electron chi connectivity index (χ2n) is 3.17. The lowest BCUT2D eigenvalue weighted by Crippen LogP contribution is -1.84. The van der Waals surface area contributed by atoms with E-state index in [0.29, 0.717) is 0 Å². The number of benzene rings is 1. The number of H-pyrrole nitrogens is 1. The summed E-state index contributed by atoms with van der Waals surface area (Å²) >= 11 is 4.84. The van der Waals surface area contributed by atoms with Crippen LogP contribution in [0.25, 0.3) is 11.3 Å². The SMILES string of the molecule is OCc1ccc(-c2cn(O)c(=S)[nH]2)cc1. The minimum atomic E-state index is 0.0251. The first-order valence-corrected chi connectivity index (χ1v) is 4.82. The van der Waals surface area contributed by atoms with Gasteiger partial charge < -0.3 is 15.3 Å². The predicted octanol–water partition coefficient (Wildman–Crippen LogP) is 1.94.